The van der Waals surface area contributed by atoms with Crippen LogP contribution >= 0.6 is 11.3 Å². The molecule has 5 rings (SSSR count). The van der Waals surface area contributed by atoms with Crippen LogP contribution in [-0.4, -0.2) is 51.1 Å². The van der Waals surface area contributed by atoms with Crippen molar-refractivity contribution in [3.05, 3.63) is 70.1 Å². The summed E-state index contributed by atoms with van der Waals surface area (Å²) in [5.74, 6) is 0.266. The number of thiazole rings is 1. The van der Waals surface area contributed by atoms with Gasteiger partial charge in [0, 0.05) is 29.4 Å². The van der Waals surface area contributed by atoms with Crippen molar-refractivity contribution in [3.8, 4) is 27.5 Å². The van der Waals surface area contributed by atoms with Crippen molar-refractivity contribution in [2.75, 3.05) is 20.6 Å². The topological polar surface area (TPSA) is 63.9 Å². The van der Waals surface area contributed by atoms with E-state index in [0.29, 0.717) is 12.8 Å². The highest BCUT2D eigenvalue weighted by atomic mass is 32.1. The van der Waals surface area contributed by atoms with Gasteiger partial charge < -0.3 is 4.90 Å². The van der Waals surface area contributed by atoms with Gasteiger partial charge in [0.1, 0.15) is 10.8 Å². The fourth-order valence-corrected chi connectivity index (χ4v) is 6.41. The second-order valence-electron chi connectivity index (χ2n) is 10.5. The van der Waals surface area contributed by atoms with Crippen LogP contribution in [0.5, 0.6) is 0 Å². The number of ketones is 1. The molecule has 3 heterocycles. The number of nitrogens with zero attached hydrogens (tertiary/aromatic N) is 5. The Kier molecular flexibility index (Phi) is 8.15. The molecule has 0 bridgehead atoms. The highest BCUT2D eigenvalue weighted by Crippen LogP contribution is 2.42. The number of rotatable bonds is 10. The highest BCUT2D eigenvalue weighted by Gasteiger charge is 2.29. The standard InChI is InChI=1S/C31H37N5OS/c1-5-10-23-17-16-22(20-32-23)29-25-13-8-14-26-31(30(25)36(34-29)27-15-7-6-11-21(27)2)38-28(33-26)19-24(37)12-9-18-35(3)4/h6-7,11,15-17,20H,5,8-10,12-14,18-19H2,1-4H3. The number of aromatic nitrogens is 4. The first-order valence-corrected chi connectivity index (χ1v) is 14.5. The van der Waals surface area contributed by atoms with Gasteiger partial charge in [0.25, 0.3) is 0 Å². The van der Waals surface area contributed by atoms with E-state index < -0.39 is 0 Å². The van der Waals surface area contributed by atoms with Gasteiger partial charge in [0.05, 0.1) is 34.1 Å². The molecule has 38 heavy (non-hydrogen) atoms. The smallest absolute Gasteiger partial charge is 0.139 e. The number of carbonyl (C=O) groups is 1. The maximum absolute atomic E-state index is 12.7. The van der Waals surface area contributed by atoms with Gasteiger partial charge in [0.15, 0.2) is 0 Å². The summed E-state index contributed by atoms with van der Waals surface area (Å²) >= 11 is 1.67. The van der Waals surface area contributed by atoms with E-state index in [0.717, 1.165) is 89.0 Å². The van der Waals surface area contributed by atoms with Crippen LogP contribution in [0.2, 0.25) is 0 Å². The molecule has 0 saturated heterocycles. The van der Waals surface area contributed by atoms with E-state index in [1.165, 1.54) is 11.1 Å². The maximum Gasteiger partial charge on any atom is 0.139 e. The van der Waals surface area contributed by atoms with E-state index in [4.69, 9.17) is 15.1 Å². The lowest BCUT2D eigenvalue weighted by Gasteiger charge is -2.10. The summed E-state index contributed by atoms with van der Waals surface area (Å²) in [5, 5.41) is 6.14. The molecule has 0 spiro atoms. The molecule has 1 aromatic carbocycles. The van der Waals surface area contributed by atoms with Crippen LogP contribution < -0.4 is 0 Å². The minimum atomic E-state index is 0.266. The van der Waals surface area contributed by atoms with Crippen LogP contribution in [0.1, 0.15) is 60.1 Å². The Hall–Kier alpha value is -3.16. The average Bonchev–Trinajstić information content (AvgIpc) is 3.41. The molecule has 0 fully saturated rings. The first kappa shape index (κ1) is 26.4. The number of pyridine rings is 1. The second-order valence-corrected chi connectivity index (χ2v) is 11.6. The zero-order valence-corrected chi connectivity index (χ0v) is 23.8. The van der Waals surface area contributed by atoms with E-state index >= 15 is 0 Å². The van der Waals surface area contributed by atoms with Gasteiger partial charge >= 0.3 is 0 Å². The highest BCUT2D eigenvalue weighted by molar-refractivity contribution is 7.15. The van der Waals surface area contributed by atoms with Crippen molar-refractivity contribution < 1.29 is 4.79 Å². The van der Waals surface area contributed by atoms with Crippen molar-refractivity contribution in [2.24, 2.45) is 0 Å². The van der Waals surface area contributed by atoms with Crippen LogP contribution in [0.15, 0.2) is 42.6 Å². The van der Waals surface area contributed by atoms with Crippen molar-refractivity contribution in [3.63, 3.8) is 0 Å². The third-order valence-corrected chi connectivity index (χ3v) is 8.24. The molecule has 0 amide bonds. The lowest BCUT2D eigenvalue weighted by molar-refractivity contribution is -0.118. The molecular weight excluding hydrogens is 490 g/mol. The molecule has 6 nitrogen and oxygen atoms in total. The van der Waals surface area contributed by atoms with Gasteiger partial charge in [-0.2, -0.15) is 5.10 Å². The Balaban J connectivity index is 1.57. The summed E-state index contributed by atoms with van der Waals surface area (Å²) < 4.78 is 2.12. The van der Waals surface area contributed by atoms with Crippen LogP contribution in [-0.2, 0) is 30.5 Å². The molecule has 4 aromatic rings. The number of fused-ring (bicyclic) bond motifs is 3. The number of para-hydroxylation sites is 1. The van der Waals surface area contributed by atoms with Crippen LogP contribution in [0.3, 0.4) is 0 Å². The molecular formula is C31H37N5OS. The molecule has 1 aliphatic carbocycles. The van der Waals surface area contributed by atoms with Crippen LogP contribution in [0.4, 0.5) is 0 Å². The molecule has 0 atom stereocenters. The number of carbonyl (C=O) groups excluding carboxylic acids is 1. The predicted molar refractivity (Wildman–Crippen MR) is 155 cm³/mol. The number of hydrogen-bond acceptors (Lipinski definition) is 6. The Morgan fingerprint density at radius 1 is 1.13 bits per heavy atom. The van der Waals surface area contributed by atoms with Crippen molar-refractivity contribution in [1.82, 2.24) is 24.6 Å². The first-order valence-electron chi connectivity index (χ1n) is 13.7. The Labute approximate surface area is 229 Å². The molecule has 3 aromatic heterocycles. The average molecular weight is 528 g/mol. The lowest BCUT2D eigenvalue weighted by atomic mass is 10.0. The maximum atomic E-state index is 12.7. The van der Waals surface area contributed by atoms with E-state index in [1.807, 2.05) is 20.3 Å². The third-order valence-electron chi connectivity index (χ3n) is 7.14. The molecule has 0 N–H and O–H groups in total. The normalized spacial score (nSPS) is 12.9. The Morgan fingerprint density at radius 2 is 1.97 bits per heavy atom. The van der Waals surface area contributed by atoms with Crippen LogP contribution in [0, 0.1) is 6.92 Å². The fourth-order valence-electron chi connectivity index (χ4n) is 5.21. The van der Waals surface area contributed by atoms with Gasteiger partial charge in [-0.1, -0.05) is 31.5 Å². The third kappa shape index (κ3) is 5.64. The van der Waals surface area contributed by atoms with Crippen molar-refractivity contribution in [2.45, 2.75) is 65.2 Å². The van der Waals surface area contributed by atoms with E-state index in [-0.39, 0.29) is 5.78 Å². The zero-order chi connectivity index (χ0) is 26.6. The zero-order valence-electron chi connectivity index (χ0n) is 23.0. The number of benzene rings is 1. The van der Waals surface area contributed by atoms with Crippen LogP contribution in [0.25, 0.3) is 27.5 Å². The van der Waals surface area contributed by atoms with Gasteiger partial charge in [0.2, 0.25) is 0 Å². The van der Waals surface area contributed by atoms with E-state index in [9.17, 15) is 4.79 Å². The number of hydrogen-bond donors (Lipinski definition) is 0. The molecule has 0 saturated carbocycles. The molecule has 1 aliphatic rings. The molecule has 7 heteroatoms. The summed E-state index contributed by atoms with van der Waals surface area (Å²) in [4.78, 5) is 25.8. The predicted octanol–water partition coefficient (Wildman–Crippen LogP) is 6.26. The quantitative estimate of drug-likeness (QED) is 0.244. The lowest BCUT2D eigenvalue weighted by Crippen LogP contribution is -2.14. The summed E-state index contributed by atoms with van der Waals surface area (Å²) in [7, 11) is 4.09. The summed E-state index contributed by atoms with van der Waals surface area (Å²) in [5.41, 5.74) is 8.90. The van der Waals surface area contributed by atoms with Gasteiger partial charge in [-0.15, -0.1) is 11.3 Å². The SMILES string of the molecule is CCCc1ccc(-c2nn(-c3ccccc3C)c3c2CCCc2nc(CC(=O)CCCN(C)C)sc2-3)cn1. The monoisotopic (exact) mass is 527 g/mol. The first-order chi connectivity index (χ1) is 18.4. The molecule has 198 valence electrons. The molecule has 0 aliphatic heterocycles. The van der Waals surface area contributed by atoms with Crippen molar-refractivity contribution in [1.29, 1.82) is 0 Å². The Morgan fingerprint density at radius 3 is 2.71 bits per heavy atom. The molecule has 0 unspecified atom stereocenters. The van der Waals surface area contributed by atoms with Gasteiger partial charge in [-0.3, -0.25) is 9.78 Å². The minimum absolute atomic E-state index is 0.266. The van der Waals surface area contributed by atoms with Gasteiger partial charge in [-0.05, 0) is 83.4 Å². The summed E-state index contributed by atoms with van der Waals surface area (Å²) in [6.07, 6.45) is 8.80. The molecule has 0 radical (unpaired) electrons. The number of Topliss-reactive ketones (excluding diaryl/α,β-unsaturated/α-hetero) is 1. The largest absolute Gasteiger partial charge is 0.309 e. The minimum Gasteiger partial charge on any atom is -0.309 e. The van der Waals surface area contributed by atoms with Gasteiger partial charge in [-0.25, -0.2) is 9.67 Å². The van der Waals surface area contributed by atoms with Crippen molar-refractivity contribution >= 4 is 17.1 Å². The Bertz CT molecular complexity index is 1420. The van der Waals surface area contributed by atoms with E-state index in [1.54, 1.807) is 11.3 Å². The fraction of sp³-hybridized carbons (Fsp3) is 0.419. The number of aryl methyl sites for hydroxylation is 3. The second kappa shape index (κ2) is 11.7. The van der Waals surface area contributed by atoms with E-state index in [2.05, 4.69) is 59.8 Å². The summed E-state index contributed by atoms with van der Waals surface area (Å²) in [6.45, 7) is 5.24. The summed E-state index contributed by atoms with van der Waals surface area (Å²) in [6, 6.07) is 12.7.